The summed E-state index contributed by atoms with van der Waals surface area (Å²) in [7, 11) is 0. The summed E-state index contributed by atoms with van der Waals surface area (Å²) in [5.74, 6) is -0.169. The highest BCUT2D eigenvalue weighted by Gasteiger charge is 2.19. The molecule has 5 nitrogen and oxygen atoms in total. The van der Waals surface area contributed by atoms with Gasteiger partial charge in [0.15, 0.2) is 0 Å². The van der Waals surface area contributed by atoms with Crippen LogP contribution in [0.25, 0.3) is 22.2 Å². The molecule has 3 aromatic carbocycles. The molecule has 34 heavy (non-hydrogen) atoms. The highest BCUT2D eigenvalue weighted by atomic mass is 16.1. The maximum atomic E-state index is 13.6. The smallest absolute Gasteiger partial charge is 0.256 e. The van der Waals surface area contributed by atoms with Gasteiger partial charge in [-0.1, -0.05) is 72.8 Å². The summed E-state index contributed by atoms with van der Waals surface area (Å²) in [6.45, 7) is 6.68. The van der Waals surface area contributed by atoms with Gasteiger partial charge in [-0.15, -0.1) is 0 Å². The van der Waals surface area contributed by atoms with E-state index < -0.39 is 0 Å². The first-order chi connectivity index (χ1) is 16.5. The minimum Gasteiger partial charge on any atom is -0.319 e. The third-order valence-electron chi connectivity index (χ3n) is 6.23. The molecule has 1 amide bonds. The van der Waals surface area contributed by atoms with Crippen LogP contribution < -0.4 is 5.32 Å². The van der Waals surface area contributed by atoms with Crippen LogP contribution in [0.3, 0.4) is 0 Å². The van der Waals surface area contributed by atoms with Gasteiger partial charge in [0.25, 0.3) is 5.91 Å². The molecule has 0 radical (unpaired) electrons. The summed E-state index contributed by atoms with van der Waals surface area (Å²) in [6, 6.07) is 27.8. The van der Waals surface area contributed by atoms with Crippen LogP contribution >= 0.6 is 0 Å². The van der Waals surface area contributed by atoms with Gasteiger partial charge < -0.3 is 5.32 Å². The van der Waals surface area contributed by atoms with Crippen LogP contribution in [0.15, 0.2) is 84.9 Å². The molecule has 5 rings (SSSR count). The molecule has 0 atom stereocenters. The molecule has 0 saturated carbocycles. The van der Waals surface area contributed by atoms with E-state index in [9.17, 15) is 4.79 Å². The molecular formula is C29H26N4O. The van der Waals surface area contributed by atoms with Crippen molar-refractivity contribution in [1.29, 1.82) is 0 Å². The van der Waals surface area contributed by atoms with Crippen molar-refractivity contribution in [2.45, 2.75) is 27.3 Å². The Bertz CT molecular complexity index is 1500. The molecule has 2 aromatic heterocycles. The molecule has 5 heteroatoms. The summed E-state index contributed by atoms with van der Waals surface area (Å²) in [4.78, 5) is 18.4. The molecule has 0 aliphatic heterocycles. The maximum Gasteiger partial charge on any atom is 0.256 e. The van der Waals surface area contributed by atoms with E-state index in [1.807, 2.05) is 91.3 Å². The van der Waals surface area contributed by atoms with Crippen LogP contribution in [0.4, 0.5) is 5.69 Å². The normalized spacial score (nSPS) is 11.0. The second-order valence-electron chi connectivity index (χ2n) is 8.52. The molecule has 2 heterocycles. The van der Waals surface area contributed by atoms with Gasteiger partial charge in [0, 0.05) is 10.9 Å². The molecule has 5 aromatic rings. The second kappa shape index (κ2) is 8.94. The van der Waals surface area contributed by atoms with E-state index in [1.165, 1.54) is 11.1 Å². The highest BCUT2D eigenvalue weighted by Crippen LogP contribution is 2.27. The molecule has 168 valence electrons. The monoisotopic (exact) mass is 446 g/mol. The number of hydrogen-bond acceptors (Lipinski definition) is 3. The number of nitrogens with zero attached hydrogens (tertiary/aromatic N) is 3. The van der Waals surface area contributed by atoms with Crippen molar-refractivity contribution < 1.29 is 4.79 Å². The fourth-order valence-electron chi connectivity index (χ4n) is 4.28. The van der Waals surface area contributed by atoms with Crippen molar-refractivity contribution in [2.24, 2.45) is 0 Å². The fourth-order valence-corrected chi connectivity index (χ4v) is 4.28. The number of pyridine rings is 1. The average Bonchev–Trinajstić information content (AvgIpc) is 3.12. The maximum absolute atomic E-state index is 13.6. The Balaban J connectivity index is 1.51. The Morgan fingerprint density at radius 3 is 2.38 bits per heavy atom. The van der Waals surface area contributed by atoms with Crippen LogP contribution in [0.1, 0.15) is 32.9 Å². The van der Waals surface area contributed by atoms with Gasteiger partial charge in [0.1, 0.15) is 0 Å². The Labute approximate surface area is 199 Å². The first-order valence-corrected chi connectivity index (χ1v) is 11.4. The molecule has 0 unspecified atom stereocenters. The molecule has 0 fully saturated rings. The summed E-state index contributed by atoms with van der Waals surface area (Å²) in [6.07, 6.45) is 0. The van der Waals surface area contributed by atoms with Crippen LogP contribution in [-0.2, 0) is 6.54 Å². The number of fused-ring (bicyclic) bond motifs is 1. The van der Waals surface area contributed by atoms with Crippen LogP contribution in [0.2, 0.25) is 0 Å². The Kier molecular flexibility index (Phi) is 5.68. The Morgan fingerprint density at radius 1 is 0.882 bits per heavy atom. The summed E-state index contributed by atoms with van der Waals surface area (Å²) < 4.78 is 1.95. The summed E-state index contributed by atoms with van der Waals surface area (Å²) in [5.41, 5.74) is 8.02. The number of nitrogens with one attached hydrogen (secondary N) is 1. The number of amides is 1. The number of anilines is 1. The van der Waals surface area contributed by atoms with Crippen LogP contribution in [0, 0.1) is 20.8 Å². The van der Waals surface area contributed by atoms with Crippen LogP contribution in [0.5, 0.6) is 0 Å². The number of rotatable bonds is 5. The lowest BCUT2D eigenvalue weighted by molar-refractivity contribution is 0.102. The molecule has 0 aliphatic rings. The lowest BCUT2D eigenvalue weighted by atomic mass is 10.0. The molecule has 0 spiro atoms. The topological polar surface area (TPSA) is 59.8 Å². The fraction of sp³-hybridized carbons (Fsp3) is 0.138. The van der Waals surface area contributed by atoms with E-state index >= 15 is 0 Å². The van der Waals surface area contributed by atoms with Gasteiger partial charge in [0.2, 0.25) is 0 Å². The molecule has 0 bridgehead atoms. The summed E-state index contributed by atoms with van der Waals surface area (Å²) in [5, 5.41) is 8.67. The van der Waals surface area contributed by atoms with E-state index in [-0.39, 0.29) is 5.91 Å². The minimum absolute atomic E-state index is 0.169. The van der Waals surface area contributed by atoms with E-state index in [1.54, 1.807) is 0 Å². The SMILES string of the molecule is Cc1ccccc1Cn1nc(C)c(NC(=O)c2cc(-c3ccccc3)nc3ccccc23)c1C. The van der Waals surface area contributed by atoms with Gasteiger partial charge in [-0.2, -0.15) is 5.10 Å². The van der Waals surface area contributed by atoms with Crippen molar-refractivity contribution in [1.82, 2.24) is 14.8 Å². The number of aryl methyl sites for hydroxylation is 2. The quantitative estimate of drug-likeness (QED) is 0.343. The molecule has 0 saturated heterocycles. The third kappa shape index (κ3) is 4.08. The predicted molar refractivity (Wildman–Crippen MR) is 137 cm³/mol. The van der Waals surface area contributed by atoms with Crippen molar-refractivity contribution in [2.75, 3.05) is 5.32 Å². The van der Waals surface area contributed by atoms with E-state index in [0.717, 1.165) is 39.2 Å². The van der Waals surface area contributed by atoms with Crippen molar-refractivity contribution in [3.8, 4) is 11.3 Å². The zero-order valence-electron chi connectivity index (χ0n) is 19.5. The third-order valence-corrected chi connectivity index (χ3v) is 6.23. The second-order valence-corrected chi connectivity index (χ2v) is 8.52. The molecule has 0 aliphatic carbocycles. The number of aromatic nitrogens is 3. The Hall–Kier alpha value is -4.25. The molecular weight excluding hydrogens is 420 g/mol. The van der Waals surface area contributed by atoms with E-state index in [4.69, 9.17) is 10.1 Å². The van der Waals surface area contributed by atoms with Crippen LogP contribution in [-0.4, -0.2) is 20.7 Å². The van der Waals surface area contributed by atoms with Gasteiger partial charge in [-0.3, -0.25) is 9.48 Å². The van der Waals surface area contributed by atoms with Gasteiger partial charge >= 0.3 is 0 Å². The summed E-state index contributed by atoms with van der Waals surface area (Å²) >= 11 is 0. The number of para-hydroxylation sites is 1. The lowest BCUT2D eigenvalue weighted by Gasteiger charge is -2.12. The van der Waals surface area contributed by atoms with Gasteiger partial charge in [-0.25, -0.2) is 4.98 Å². The molecule has 1 N–H and O–H groups in total. The largest absolute Gasteiger partial charge is 0.319 e. The van der Waals surface area contributed by atoms with Crippen molar-refractivity contribution in [3.63, 3.8) is 0 Å². The number of carbonyl (C=O) groups excluding carboxylic acids is 1. The first kappa shape index (κ1) is 21.6. The zero-order valence-corrected chi connectivity index (χ0v) is 19.5. The standard InChI is InChI=1S/C29H26N4O/c1-19-11-7-8-14-23(19)18-33-21(3)28(20(2)32-33)31-29(34)25-17-27(22-12-5-4-6-13-22)30-26-16-10-9-15-24(25)26/h4-17H,18H2,1-3H3,(H,31,34). The Morgan fingerprint density at radius 2 is 1.59 bits per heavy atom. The van der Waals surface area contributed by atoms with Gasteiger partial charge in [-0.05, 0) is 44.0 Å². The van der Waals surface area contributed by atoms with Gasteiger partial charge in [0.05, 0.1) is 40.4 Å². The predicted octanol–water partition coefficient (Wildman–Crippen LogP) is 6.32. The number of hydrogen-bond donors (Lipinski definition) is 1. The van der Waals surface area contributed by atoms with Crippen molar-refractivity contribution in [3.05, 3.63) is 113 Å². The number of benzene rings is 3. The lowest BCUT2D eigenvalue weighted by Crippen LogP contribution is -2.14. The zero-order chi connectivity index (χ0) is 23.7. The van der Waals surface area contributed by atoms with E-state index in [0.29, 0.717) is 12.1 Å². The van der Waals surface area contributed by atoms with E-state index in [2.05, 4.69) is 24.4 Å². The first-order valence-electron chi connectivity index (χ1n) is 11.4. The highest BCUT2D eigenvalue weighted by molar-refractivity contribution is 6.13. The average molecular weight is 447 g/mol. The van der Waals surface area contributed by atoms with Crippen molar-refractivity contribution >= 4 is 22.5 Å². The minimum atomic E-state index is -0.169. The number of carbonyl (C=O) groups is 1.